The van der Waals surface area contributed by atoms with Gasteiger partial charge in [0, 0.05) is 6.20 Å². The van der Waals surface area contributed by atoms with Crippen LogP contribution in [0, 0.1) is 0 Å². The lowest BCUT2D eigenvalue weighted by Gasteiger charge is -2.04. The molecule has 1 aromatic rings. The molecule has 15 heavy (non-hydrogen) atoms. The van der Waals surface area contributed by atoms with Gasteiger partial charge in [-0.3, -0.25) is 4.79 Å². The molecule has 0 unspecified atom stereocenters. The first-order valence-electron chi connectivity index (χ1n) is 4.26. The van der Waals surface area contributed by atoms with Crippen molar-refractivity contribution in [3.05, 3.63) is 22.7 Å². The van der Waals surface area contributed by atoms with E-state index >= 15 is 0 Å². The maximum atomic E-state index is 11.4. The van der Waals surface area contributed by atoms with Crippen molar-refractivity contribution in [1.82, 2.24) is 9.97 Å². The molecule has 0 aliphatic carbocycles. The summed E-state index contributed by atoms with van der Waals surface area (Å²) in [5, 5.41) is -0.0944. The Kier molecular flexibility index (Phi) is 3.74. The summed E-state index contributed by atoms with van der Waals surface area (Å²) in [4.78, 5) is 29.9. The van der Waals surface area contributed by atoms with Gasteiger partial charge in [0.15, 0.2) is 11.5 Å². The Bertz CT molecular complexity index is 406. The lowest BCUT2D eigenvalue weighted by atomic mass is 10.1. The van der Waals surface area contributed by atoms with Crippen LogP contribution in [-0.4, -0.2) is 28.3 Å². The third-order valence-electron chi connectivity index (χ3n) is 1.61. The summed E-state index contributed by atoms with van der Waals surface area (Å²) >= 11 is 5.52. The molecule has 0 amide bonds. The molecule has 0 N–H and O–H groups in total. The van der Waals surface area contributed by atoms with E-state index in [0.29, 0.717) is 0 Å². The van der Waals surface area contributed by atoms with Crippen molar-refractivity contribution in [3.63, 3.8) is 0 Å². The van der Waals surface area contributed by atoms with Crippen LogP contribution in [0.1, 0.15) is 34.7 Å². The minimum absolute atomic E-state index is 0.0932. The van der Waals surface area contributed by atoms with E-state index in [1.165, 1.54) is 13.1 Å². The van der Waals surface area contributed by atoms with Gasteiger partial charge in [-0.15, -0.1) is 0 Å². The van der Waals surface area contributed by atoms with Crippen molar-refractivity contribution in [2.24, 2.45) is 0 Å². The fourth-order valence-electron chi connectivity index (χ4n) is 0.973. The number of rotatable bonds is 3. The van der Waals surface area contributed by atoms with Gasteiger partial charge in [-0.2, -0.15) is 0 Å². The van der Waals surface area contributed by atoms with Crippen LogP contribution < -0.4 is 0 Å². The molecule has 0 saturated carbocycles. The predicted molar refractivity (Wildman–Crippen MR) is 53.0 cm³/mol. The van der Waals surface area contributed by atoms with E-state index in [9.17, 15) is 9.59 Å². The highest BCUT2D eigenvalue weighted by Gasteiger charge is 2.18. The van der Waals surface area contributed by atoms with Crippen LogP contribution in [0.15, 0.2) is 6.20 Å². The lowest BCUT2D eigenvalue weighted by molar-refractivity contribution is 0.0516. The Labute approximate surface area is 91.4 Å². The number of nitrogens with zero attached hydrogens (tertiary/aromatic N) is 2. The summed E-state index contributed by atoms with van der Waals surface area (Å²) in [6.45, 7) is 3.18. The zero-order valence-corrected chi connectivity index (χ0v) is 9.04. The number of halogens is 1. The first-order chi connectivity index (χ1) is 7.06. The fraction of sp³-hybridized carbons (Fsp3) is 0.333. The molecule has 0 aliphatic rings. The van der Waals surface area contributed by atoms with Crippen LogP contribution in [0.25, 0.3) is 0 Å². The van der Waals surface area contributed by atoms with Gasteiger partial charge >= 0.3 is 5.97 Å². The zero-order valence-electron chi connectivity index (χ0n) is 8.28. The topological polar surface area (TPSA) is 69.2 Å². The highest BCUT2D eigenvalue weighted by molar-refractivity contribution is 6.28. The van der Waals surface area contributed by atoms with Gasteiger partial charge in [0.2, 0.25) is 5.28 Å². The van der Waals surface area contributed by atoms with Gasteiger partial charge in [0.05, 0.1) is 12.2 Å². The van der Waals surface area contributed by atoms with Crippen molar-refractivity contribution < 1.29 is 14.3 Å². The van der Waals surface area contributed by atoms with Crippen molar-refractivity contribution >= 4 is 23.4 Å². The third kappa shape index (κ3) is 2.73. The van der Waals surface area contributed by atoms with Crippen LogP contribution in [0.2, 0.25) is 5.28 Å². The number of carbonyl (C=O) groups is 2. The molecule has 0 aromatic carbocycles. The second kappa shape index (κ2) is 4.84. The number of carbonyl (C=O) groups excluding carboxylic acids is 2. The number of aromatic nitrogens is 2. The van der Waals surface area contributed by atoms with Crippen molar-refractivity contribution in [2.75, 3.05) is 6.61 Å². The predicted octanol–water partition coefficient (Wildman–Crippen LogP) is 1.51. The maximum Gasteiger partial charge on any atom is 0.357 e. The highest BCUT2D eigenvalue weighted by atomic mass is 35.5. The smallest absolute Gasteiger partial charge is 0.357 e. The molecule has 0 saturated heterocycles. The fourth-order valence-corrected chi connectivity index (χ4v) is 1.11. The average Bonchev–Trinajstić information content (AvgIpc) is 2.17. The number of esters is 1. The number of Topliss-reactive ketones (excluding diaryl/α,β-unsaturated/α-hetero) is 1. The molecule has 5 nitrogen and oxygen atoms in total. The summed E-state index contributed by atoms with van der Waals surface area (Å²) in [6.07, 6.45) is 1.21. The van der Waals surface area contributed by atoms with Crippen LogP contribution in [-0.2, 0) is 4.74 Å². The van der Waals surface area contributed by atoms with E-state index in [1.807, 2.05) is 0 Å². The monoisotopic (exact) mass is 228 g/mol. The molecule has 0 radical (unpaired) electrons. The molecule has 1 rings (SSSR count). The van der Waals surface area contributed by atoms with Gasteiger partial charge in [0.25, 0.3) is 0 Å². The minimum Gasteiger partial charge on any atom is -0.461 e. The zero-order chi connectivity index (χ0) is 11.4. The Morgan fingerprint density at radius 1 is 1.53 bits per heavy atom. The van der Waals surface area contributed by atoms with E-state index < -0.39 is 5.97 Å². The molecular formula is C9H9ClN2O3. The summed E-state index contributed by atoms with van der Waals surface area (Å²) in [6, 6.07) is 0. The first kappa shape index (κ1) is 11.6. The van der Waals surface area contributed by atoms with Crippen LogP contribution in [0.3, 0.4) is 0 Å². The summed E-state index contributed by atoms with van der Waals surface area (Å²) in [5.74, 6) is -0.985. The number of ether oxygens (including phenoxy) is 1. The quantitative estimate of drug-likeness (QED) is 0.446. The molecule has 0 atom stereocenters. The van der Waals surface area contributed by atoms with E-state index in [2.05, 4.69) is 9.97 Å². The number of hydrogen-bond donors (Lipinski definition) is 0. The lowest BCUT2D eigenvalue weighted by Crippen LogP contribution is -2.13. The molecule has 1 heterocycles. The van der Waals surface area contributed by atoms with E-state index in [-0.39, 0.29) is 28.9 Å². The Balaban J connectivity index is 3.18. The Morgan fingerprint density at radius 3 is 2.73 bits per heavy atom. The SMILES string of the molecule is CCOC(=O)c1nc(Cl)ncc1C(C)=O. The number of hydrogen-bond acceptors (Lipinski definition) is 5. The first-order valence-corrected chi connectivity index (χ1v) is 4.64. The molecule has 0 aliphatic heterocycles. The largest absolute Gasteiger partial charge is 0.461 e. The van der Waals surface area contributed by atoms with Gasteiger partial charge in [-0.25, -0.2) is 14.8 Å². The maximum absolute atomic E-state index is 11.4. The molecule has 0 fully saturated rings. The standard InChI is InChI=1S/C9H9ClN2O3/c1-3-15-8(14)7-6(5(2)13)4-11-9(10)12-7/h4H,3H2,1-2H3. The molecule has 80 valence electrons. The van der Waals surface area contributed by atoms with Crippen LogP contribution in [0.4, 0.5) is 0 Å². The highest BCUT2D eigenvalue weighted by Crippen LogP contribution is 2.10. The van der Waals surface area contributed by atoms with Crippen molar-refractivity contribution in [2.45, 2.75) is 13.8 Å². The average molecular weight is 229 g/mol. The van der Waals surface area contributed by atoms with Gasteiger partial charge in [-0.1, -0.05) is 0 Å². The van der Waals surface area contributed by atoms with Gasteiger partial charge < -0.3 is 4.74 Å². The van der Waals surface area contributed by atoms with E-state index in [1.54, 1.807) is 6.92 Å². The van der Waals surface area contributed by atoms with Crippen molar-refractivity contribution in [3.8, 4) is 0 Å². The van der Waals surface area contributed by atoms with Gasteiger partial charge in [-0.05, 0) is 25.4 Å². The molecule has 6 heteroatoms. The summed E-state index contributed by atoms with van der Waals surface area (Å²) in [5.41, 5.74) is 0.0159. The second-order valence-electron chi connectivity index (χ2n) is 2.68. The number of ketones is 1. The van der Waals surface area contributed by atoms with Crippen LogP contribution >= 0.6 is 11.6 Å². The Hall–Kier alpha value is -1.49. The summed E-state index contributed by atoms with van der Waals surface area (Å²) in [7, 11) is 0. The molecule has 1 aromatic heterocycles. The van der Waals surface area contributed by atoms with E-state index in [0.717, 1.165) is 0 Å². The molecule has 0 bridgehead atoms. The normalized spacial score (nSPS) is 9.80. The van der Waals surface area contributed by atoms with Crippen LogP contribution in [0.5, 0.6) is 0 Å². The summed E-state index contributed by atoms with van der Waals surface area (Å²) < 4.78 is 4.73. The third-order valence-corrected chi connectivity index (χ3v) is 1.79. The van der Waals surface area contributed by atoms with Gasteiger partial charge in [0.1, 0.15) is 0 Å². The van der Waals surface area contributed by atoms with Crippen molar-refractivity contribution in [1.29, 1.82) is 0 Å². The minimum atomic E-state index is -0.674. The Morgan fingerprint density at radius 2 is 2.20 bits per heavy atom. The second-order valence-corrected chi connectivity index (χ2v) is 3.02. The van der Waals surface area contributed by atoms with E-state index in [4.69, 9.17) is 16.3 Å². The molecular weight excluding hydrogens is 220 g/mol. The molecule has 0 spiro atoms.